The van der Waals surface area contributed by atoms with Crippen molar-refractivity contribution in [1.82, 2.24) is 4.90 Å². The van der Waals surface area contributed by atoms with Crippen LogP contribution in [0.4, 0.5) is 5.69 Å². The first-order chi connectivity index (χ1) is 15.7. The van der Waals surface area contributed by atoms with Gasteiger partial charge in [0.15, 0.2) is 0 Å². The lowest BCUT2D eigenvalue weighted by molar-refractivity contribution is -0.155. The third-order valence-corrected chi connectivity index (χ3v) is 8.15. The minimum Gasteiger partial charge on any atom is -0.466 e. The van der Waals surface area contributed by atoms with E-state index in [0.29, 0.717) is 17.1 Å². The minimum atomic E-state index is -1.22. The average Bonchev–Trinajstić information content (AvgIpc) is 3.34. The van der Waals surface area contributed by atoms with E-state index in [2.05, 4.69) is 21.2 Å². The zero-order valence-corrected chi connectivity index (χ0v) is 21.0. The lowest BCUT2D eigenvalue weighted by atomic mass is 9.70. The lowest BCUT2D eigenvalue weighted by Gasteiger charge is -2.38. The molecule has 7 atom stereocenters. The van der Waals surface area contributed by atoms with E-state index in [4.69, 9.17) is 21.1 Å². The van der Waals surface area contributed by atoms with E-state index in [9.17, 15) is 19.5 Å². The highest BCUT2D eigenvalue weighted by molar-refractivity contribution is 9.09. The fraction of sp³-hybridized carbons (Fsp3) is 0.609. The molecule has 3 saturated heterocycles. The molecule has 2 N–H and O–H groups in total. The van der Waals surface area contributed by atoms with Crippen molar-refractivity contribution in [2.45, 2.75) is 55.8 Å². The molecule has 33 heavy (non-hydrogen) atoms. The number of esters is 1. The molecule has 180 valence electrons. The van der Waals surface area contributed by atoms with Crippen molar-refractivity contribution in [3.05, 3.63) is 29.3 Å². The highest BCUT2D eigenvalue weighted by Gasteiger charge is 2.77. The highest BCUT2D eigenvalue weighted by Crippen LogP contribution is 2.60. The van der Waals surface area contributed by atoms with Crippen LogP contribution in [0.5, 0.6) is 0 Å². The zero-order valence-electron chi connectivity index (χ0n) is 18.7. The van der Waals surface area contributed by atoms with Gasteiger partial charge in [-0.25, -0.2) is 0 Å². The Morgan fingerprint density at radius 3 is 2.70 bits per heavy atom. The molecule has 3 heterocycles. The van der Waals surface area contributed by atoms with Crippen molar-refractivity contribution >= 4 is 51.0 Å². The standard InChI is InChI=1S/C23H28BrClN2O6/c1-4-32-22(31)16-17-21(30)27(15(10-28)11(2)3)19(23(17)9-12(24)18(16)33-23)20(29)26-14-8-6-5-7-13(14)25/h5-8,11-12,15-19,28H,4,9-10H2,1-3H3,(H,26,29)/t12?,15-,16-,17-,18-,19?,23?/m0/s1. The summed E-state index contributed by atoms with van der Waals surface area (Å²) in [4.78, 5) is 41.7. The van der Waals surface area contributed by atoms with Gasteiger partial charge in [-0.1, -0.05) is 53.5 Å². The number of fused-ring (bicyclic) bond motifs is 1. The predicted molar refractivity (Wildman–Crippen MR) is 125 cm³/mol. The number of likely N-dealkylation sites (tertiary alicyclic amines) is 1. The minimum absolute atomic E-state index is 0.136. The SMILES string of the molecule is CCOC(=O)[C@H]1[C@H]2C(=O)N([C@@H](CO)C(C)C)C(C(=O)Nc3ccccc3Cl)C23CC(Br)[C@@H]1O3. The second-order valence-corrected chi connectivity index (χ2v) is 10.7. The van der Waals surface area contributed by atoms with Gasteiger partial charge in [0, 0.05) is 4.83 Å². The molecule has 0 aromatic heterocycles. The van der Waals surface area contributed by atoms with Crippen molar-refractivity contribution in [2.75, 3.05) is 18.5 Å². The molecule has 0 aliphatic carbocycles. The van der Waals surface area contributed by atoms with E-state index in [1.165, 1.54) is 4.90 Å². The van der Waals surface area contributed by atoms with Crippen molar-refractivity contribution < 1.29 is 29.0 Å². The van der Waals surface area contributed by atoms with Gasteiger partial charge in [-0.2, -0.15) is 0 Å². The van der Waals surface area contributed by atoms with E-state index < -0.39 is 47.5 Å². The number of aliphatic hydroxyl groups excluding tert-OH is 1. The molecule has 2 amide bonds. The summed E-state index contributed by atoms with van der Waals surface area (Å²) in [5.74, 6) is -3.19. The number of anilines is 1. The molecule has 0 saturated carbocycles. The van der Waals surface area contributed by atoms with Crippen molar-refractivity contribution in [2.24, 2.45) is 17.8 Å². The number of aliphatic hydroxyl groups is 1. The van der Waals surface area contributed by atoms with Crippen LogP contribution in [-0.4, -0.2) is 69.6 Å². The Balaban J connectivity index is 1.79. The number of benzene rings is 1. The van der Waals surface area contributed by atoms with Crippen LogP contribution in [0.2, 0.25) is 5.02 Å². The molecule has 0 radical (unpaired) electrons. The number of carbonyl (C=O) groups excluding carboxylic acids is 3. The summed E-state index contributed by atoms with van der Waals surface area (Å²) in [7, 11) is 0. The molecule has 3 fully saturated rings. The van der Waals surface area contributed by atoms with Crippen molar-refractivity contribution in [1.29, 1.82) is 0 Å². The maximum Gasteiger partial charge on any atom is 0.312 e. The van der Waals surface area contributed by atoms with Gasteiger partial charge in [-0.05, 0) is 31.4 Å². The molecule has 1 aromatic carbocycles. The topological polar surface area (TPSA) is 105 Å². The largest absolute Gasteiger partial charge is 0.466 e. The number of nitrogens with one attached hydrogen (secondary N) is 1. The summed E-state index contributed by atoms with van der Waals surface area (Å²) in [6, 6.07) is 5.15. The van der Waals surface area contributed by atoms with Crippen LogP contribution < -0.4 is 5.32 Å². The van der Waals surface area contributed by atoms with Gasteiger partial charge < -0.3 is 24.8 Å². The van der Waals surface area contributed by atoms with Crippen LogP contribution in [0.3, 0.4) is 0 Å². The number of amides is 2. The number of halogens is 2. The monoisotopic (exact) mass is 542 g/mol. The number of ether oxygens (including phenoxy) is 2. The van der Waals surface area contributed by atoms with Crippen molar-refractivity contribution in [3.8, 4) is 0 Å². The Morgan fingerprint density at radius 1 is 1.39 bits per heavy atom. The van der Waals surface area contributed by atoms with Gasteiger partial charge in [0.2, 0.25) is 11.8 Å². The van der Waals surface area contributed by atoms with Crippen LogP contribution in [0, 0.1) is 17.8 Å². The number of rotatable bonds is 7. The highest BCUT2D eigenvalue weighted by atomic mass is 79.9. The molecular weight excluding hydrogens is 516 g/mol. The molecule has 4 rings (SSSR count). The number of hydrogen-bond acceptors (Lipinski definition) is 6. The van der Waals surface area contributed by atoms with Crippen LogP contribution >= 0.6 is 27.5 Å². The molecule has 3 unspecified atom stereocenters. The smallest absolute Gasteiger partial charge is 0.312 e. The number of alkyl halides is 1. The van der Waals surface area contributed by atoms with E-state index in [1.54, 1.807) is 31.2 Å². The number of para-hydroxylation sites is 1. The molecule has 10 heteroatoms. The maximum atomic E-state index is 13.8. The Hall–Kier alpha value is -1.68. The number of carbonyl (C=O) groups is 3. The van der Waals surface area contributed by atoms with Crippen LogP contribution in [0.25, 0.3) is 0 Å². The Labute approximate surface area is 206 Å². The Bertz CT molecular complexity index is 961. The summed E-state index contributed by atoms with van der Waals surface area (Å²) < 4.78 is 11.6. The molecule has 1 aromatic rings. The lowest BCUT2D eigenvalue weighted by Crippen LogP contribution is -2.57. The van der Waals surface area contributed by atoms with Crippen LogP contribution in [0.15, 0.2) is 24.3 Å². The Kier molecular flexibility index (Phi) is 6.79. The summed E-state index contributed by atoms with van der Waals surface area (Å²) in [6.07, 6.45) is -0.209. The first-order valence-electron chi connectivity index (χ1n) is 11.1. The summed E-state index contributed by atoms with van der Waals surface area (Å²) in [5.41, 5.74) is -0.813. The van der Waals surface area contributed by atoms with E-state index in [-0.39, 0.29) is 29.9 Å². The van der Waals surface area contributed by atoms with Crippen molar-refractivity contribution in [3.63, 3.8) is 0 Å². The normalized spacial score (nSPS) is 33.4. The van der Waals surface area contributed by atoms with Gasteiger partial charge in [-0.15, -0.1) is 0 Å². The molecule has 3 aliphatic rings. The summed E-state index contributed by atoms with van der Waals surface area (Å²) in [5, 5.41) is 13.4. The van der Waals surface area contributed by atoms with E-state index in [0.717, 1.165) is 0 Å². The molecule has 3 aliphatic heterocycles. The van der Waals surface area contributed by atoms with E-state index in [1.807, 2.05) is 13.8 Å². The van der Waals surface area contributed by atoms with Gasteiger partial charge in [-0.3, -0.25) is 14.4 Å². The average molecular weight is 544 g/mol. The van der Waals surface area contributed by atoms with Gasteiger partial charge in [0.25, 0.3) is 0 Å². The maximum absolute atomic E-state index is 13.8. The molecule has 2 bridgehead atoms. The Morgan fingerprint density at radius 2 is 2.09 bits per heavy atom. The van der Waals surface area contributed by atoms with Gasteiger partial charge in [0.1, 0.15) is 11.6 Å². The number of hydrogen-bond donors (Lipinski definition) is 2. The van der Waals surface area contributed by atoms with E-state index >= 15 is 0 Å². The molecular formula is C23H28BrClN2O6. The third kappa shape index (κ3) is 3.77. The first kappa shape index (κ1) is 24.4. The number of nitrogens with zero attached hydrogens (tertiary/aromatic N) is 1. The quantitative estimate of drug-likeness (QED) is 0.405. The fourth-order valence-electron chi connectivity index (χ4n) is 5.62. The van der Waals surface area contributed by atoms with Gasteiger partial charge in [0.05, 0.1) is 47.9 Å². The second kappa shape index (κ2) is 9.17. The van der Waals surface area contributed by atoms with Gasteiger partial charge >= 0.3 is 5.97 Å². The summed E-state index contributed by atoms with van der Waals surface area (Å²) in [6.45, 7) is 5.30. The van der Waals surface area contributed by atoms with Crippen LogP contribution in [0.1, 0.15) is 27.2 Å². The second-order valence-electron chi connectivity index (χ2n) is 9.12. The third-order valence-electron chi connectivity index (χ3n) is 6.98. The molecule has 1 spiro atoms. The fourth-order valence-corrected chi connectivity index (χ4v) is 6.74. The first-order valence-corrected chi connectivity index (χ1v) is 12.4. The van der Waals surface area contributed by atoms with Crippen LogP contribution in [-0.2, 0) is 23.9 Å². The predicted octanol–water partition coefficient (Wildman–Crippen LogP) is 2.61. The molecule has 8 nitrogen and oxygen atoms in total. The zero-order chi connectivity index (χ0) is 24.1. The summed E-state index contributed by atoms with van der Waals surface area (Å²) >= 11 is 9.86.